The van der Waals surface area contributed by atoms with Crippen molar-refractivity contribution in [2.24, 2.45) is 0 Å². The normalized spacial score (nSPS) is 11.6. The van der Waals surface area contributed by atoms with E-state index in [-0.39, 0.29) is 16.7 Å². The third kappa shape index (κ3) is 4.42. The van der Waals surface area contributed by atoms with Gasteiger partial charge in [0.15, 0.2) is 11.3 Å². The van der Waals surface area contributed by atoms with Gasteiger partial charge in [-0.3, -0.25) is 9.36 Å². The molecule has 0 atom stereocenters. The number of para-hydroxylation sites is 1. The highest BCUT2D eigenvalue weighted by atomic mass is 19.4. The van der Waals surface area contributed by atoms with Crippen LogP contribution < -0.4 is 25.4 Å². The van der Waals surface area contributed by atoms with Gasteiger partial charge in [0, 0.05) is 17.1 Å². The van der Waals surface area contributed by atoms with Crippen LogP contribution in [0, 0.1) is 0 Å². The number of aromatic nitrogens is 1. The first kappa shape index (κ1) is 23.8. The van der Waals surface area contributed by atoms with Crippen molar-refractivity contribution in [3.05, 3.63) is 93.6 Å². The average molecular weight is 511 g/mol. The van der Waals surface area contributed by atoms with E-state index in [4.69, 9.17) is 13.9 Å². The summed E-state index contributed by atoms with van der Waals surface area (Å²) < 4.78 is 58.5. The third-order valence-corrected chi connectivity index (χ3v) is 5.46. The molecule has 1 N–H and O–H groups in total. The minimum Gasteiger partial charge on any atom is -0.503 e. The predicted molar refractivity (Wildman–Crippen MR) is 127 cm³/mol. The van der Waals surface area contributed by atoms with Crippen molar-refractivity contribution in [1.29, 1.82) is 0 Å². The van der Waals surface area contributed by atoms with Crippen molar-refractivity contribution in [2.75, 3.05) is 7.11 Å². The van der Waals surface area contributed by atoms with Crippen LogP contribution in [0.2, 0.25) is 0 Å². The van der Waals surface area contributed by atoms with E-state index < -0.39 is 34.8 Å². The van der Waals surface area contributed by atoms with Crippen molar-refractivity contribution < 1.29 is 36.9 Å². The molecule has 0 spiro atoms. The number of aromatic hydroxyl groups is 1. The fourth-order valence-corrected chi connectivity index (χ4v) is 3.88. The maximum atomic E-state index is 13.7. The van der Waals surface area contributed by atoms with E-state index in [1.807, 2.05) is 0 Å². The Morgan fingerprint density at radius 1 is 0.892 bits per heavy atom. The highest BCUT2D eigenvalue weighted by molar-refractivity contribution is 6.05. The lowest BCUT2D eigenvalue weighted by atomic mass is 10.1. The summed E-state index contributed by atoms with van der Waals surface area (Å²) in [5, 5.41) is 11.0. The molecular formula is C26H16F3NO7. The fraction of sp³-hybridized carbons (Fsp3) is 0.0769. The molecule has 188 valence electrons. The van der Waals surface area contributed by atoms with Gasteiger partial charge in [-0.1, -0.05) is 18.2 Å². The molecule has 3 aromatic carbocycles. The zero-order valence-corrected chi connectivity index (χ0v) is 18.9. The summed E-state index contributed by atoms with van der Waals surface area (Å²) in [6.45, 7) is 0. The third-order valence-electron chi connectivity index (χ3n) is 5.46. The molecule has 0 bridgehead atoms. The van der Waals surface area contributed by atoms with Crippen molar-refractivity contribution in [3.63, 3.8) is 0 Å². The van der Waals surface area contributed by atoms with E-state index in [0.717, 1.165) is 24.3 Å². The van der Waals surface area contributed by atoms with Crippen LogP contribution in [0.4, 0.5) is 13.2 Å². The molecule has 8 nitrogen and oxygen atoms in total. The molecule has 0 aliphatic heterocycles. The molecule has 0 radical (unpaired) electrons. The van der Waals surface area contributed by atoms with Crippen LogP contribution in [-0.4, -0.2) is 23.1 Å². The quantitative estimate of drug-likeness (QED) is 0.311. The second kappa shape index (κ2) is 8.94. The fourth-order valence-electron chi connectivity index (χ4n) is 3.88. The number of ether oxygens (including phenoxy) is 3. The standard InChI is InChI=1S/C26H16F3NO7/c1-34-17-11-12-18-19(13-17)30(14-5-3-2-4-6-14)24(32)20-21(31)23(25(33)36-22(18)20)35-15-7-9-16(10-8-15)37-26(27,28)29/h2-13,31H,1H3. The van der Waals surface area contributed by atoms with E-state index >= 15 is 0 Å². The topological polar surface area (TPSA) is 100 Å². The number of methoxy groups -OCH3 is 1. The van der Waals surface area contributed by atoms with E-state index in [2.05, 4.69) is 4.74 Å². The Hall–Kier alpha value is -4.93. The second-order valence-electron chi connectivity index (χ2n) is 7.75. The van der Waals surface area contributed by atoms with Gasteiger partial charge in [0.1, 0.15) is 22.6 Å². The van der Waals surface area contributed by atoms with Crippen molar-refractivity contribution in [2.45, 2.75) is 6.36 Å². The van der Waals surface area contributed by atoms with Crippen molar-refractivity contribution >= 4 is 21.9 Å². The van der Waals surface area contributed by atoms with Gasteiger partial charge in [-0.2, -0.15) is 0 Å². The predicted octanol–water partition coefficient (Wildman–Crippen LogP) is 5.50. The zero-order valence-electron chi connectivity index (χ0n) is 18.9. The highest BCUT2D eigenvalue weighted by Gasteiger charge is 2.31. The minimum atomic E-state index is -4.88. The van der Waals surface area contributed by atoms with Crippen LogP contribution in [0.15, 0.2) is 86.8 Å². The SMILES string of the molecule is COc1ccc2c3oc(=O)c(Oc4ccc(OC(F)(F)F)cc4)c(O)c3c(=O)n(-c3ccccc3)c2c1. The molecule has 0 saturated carbocycles. The Labute approximate surface area is 205 Å². The average Bonchev–Trinajstić information content (AvgIpc) is 2.86. The van der Waals surface area contributed by atoms with Crippen LogP contribution in [0.1, 0.15) is 0 Å². The van der Waals surface area contributed by atoms with Crippen molar-refractivity contribution in [1.82, 2.24) is 4.57 Å². The van der Waals surface area contributed by atoms with Gasteiger partial charge in [-0.05, 0) is 48.5 Å². The van der Waals surface area contributed by atoms with Crippen LogP contribution in [0.5, 0.6) is 28.7 Å². The minimum absolute atomic E-state index is 0.106. The van der Waals surface area contributed by atoms with E-state index in [0.29, 0.717) is 22.3 Å². The number of benzene rings is 3. The highest BCUT2D eigenvalue weighted by Crippen LogP contribution is 2.37. The maximum Gasteiger partial charge on any atom is 0.573 e. The Morgan fingerprint density at radius 2 is 1.54 bits per heavy atom. The summed E-state index contributed by atoms with van der Waals surface area (Å²) in [6, 6.07) is 17.5. The number of alkyl halides is 3. The van der Waals surface area contributed by atoms with Gasteiger partial charge >= 0.3 is 12.0 Å². The Morgan fingerprint density at radius 3 is 2.19 bits per heavy atom. The number of nitrogens with zero attached hydrogens (tertiary/aromatic N) is 1. The monoisotopic (exact) mass is 511 g/mol. The Kier molecular flexibility index (Phi) is 5.75. The lowest BCUT2D eigenvalue weighted by Crippen LogP contribution is -2.20. The lowest BCUT2D eigenvalue weighted by molar-refractivity contribution is -0.274. The van der Waals surface area contributed by atoms with Crippen LogP contribution in [-0.2, 0) is 0 Å². The molecule has 0 aliphatic rings. The van der Waals surface area contributed by atoms with E-state index in [1.54, 1.807) is 48.5 Å². The molecule has 37 heavy (non-hydrogen) atoms. The van der Waals surface area contributed by atoms with Gasteiger partial charge in [0.25, 0.3) is 11.3 Å². The van der Waals surface area contributed by atoms with Gasteiger partial charge in [-0.25, -0.2) is 4.79 Å². The second-order valence-corrected chi connectivity index (χ2v) is 7.75. The van der Waals surface area contributed by atoms with E-state index in [9.17, 15) is 27.9 Å². The Balaban J connectivity index is 1.72. The summed E-state index contributed by atoms with van der Waals surface area (Å²) in [4.78, 5) is 26.5. The molecule has 0 unspecified atom stereocenters. The molecule has 2 heterocycles. The first-order chi connectivity index (χ1) is 17.7. The van der Waals surface area contributed by atoms with Crippen molar-refractivity contribution in [3.8, 4) is 34.4 Å². The molecular weight excluding hydrogens is 495 g/mol. The van der Waals surface area contributed by atoms with Crippen LogP contribution >= 0.6 is 0 Å². The lowest BCUT2D eigenvalue weighted by Gasteiger charge is -2.15. The first-order valence-electron chi connectivity index (χ1n) is 10.7. The number of hydrogen-bond donors (Lipinski definition) is 1. The van der Waals surface area contributed by atoms with Gasteiger partial charge in [0.2, 0.25) is 0 Å². The molecule has 5 aromatic rings. The molecule has 0 aliphatic carbocycles. The summed E-state index contributed by atoms with van der Waals surface area (Å²) in [6.07, 6.45) is -4.88. The molecule has 2 aromatic heterocycles. The number of halogens is 3. The number of hydrogen-bond acceptors (Lipinski definition) is 7. The zero-order chi connectivity index (χ0) is 26.3. The molecule has 5 rings (SSSR count). The molecule has 0 amide bonds. The van der Waals surface area contributed by atoms with Crippen LogP contribution in [0.25, 0.3) is 27.6 Å². The van der Waals surface area contributed by atoms with Gasteiger partial charge in [-0.15, -0.1) is 13.2 Å². The van der Waals surface area contributed by atoms with E-state index in [1.165, 1.54) is 11.7 Å². The summed E-state index contributed by atoms with van der Waals surface area (Å²) >= 11 is 0. The smallest absolute Gasteiger partial charge is 0.503 e. The number of rotatable bonds is 5. The molecule has 0 fully saturated rings. The Bertz CT molecular complexity index is 1740. The number of pyridine rings is 1. The maximum absolute atomic E-state index is 13.7. The summed E-state index contributed by atoms with van der Waals surface area (Å²) in [5.74, 6) is -1.66. The number of fused-ring (bicyclic) bond motifs is 3. The van der Waals surface area contributed by atoms with Crippen LogP contribution in [0.3, 0.4) is 0 Å². The molecule has 0 saturated heterocycles. The molecule has 11 heteroatoms. The summed E-state index contributed by atoms with van der Waals surface area (Å²) in [7, 11) is 1.46. The largest absolute Gasteiger partial charge is 0.573 e. The summed E-state index contributed by atoms with van der Waals surface area (Å²) in [5.41, 5.74) is -1.14. The first-order valence-corrected chi connectivity index (χ1v) is 10.7. The van der Waals surface area contributed by atoms with Gasteiger partial charge < -0.3 is 23.7 Å². The van der Waals surface area contributed by atoms with Gasteiger partial charge in [0.05, 0.1) is 12.6 Å².